The molecule has 0 saturated carbocycles. The summed E-state index contributed by atoms with van der Waals surface area (Å²) in [6, 6.07) is -0.177. The van der Waals surface area contributed by atoms with E-state index in [2.05, 4.69) is 0 Å². The van der Waals surface area contributed by atoms with Gasteiger partial charge >= 0.3 is 12.0 Å². The van der Waals surface area contributed by atoms with Gasteiger partial charge in [-0.05, 0) is 12.1 Å². The number of benzene rings is 1. The lowest BCUT2D eigenvalue weighted by Crippen LogP contribution is -2.45. The molecule has 0 unspecified atom stereocenters. The van der Waals surface area contributed by atoms with E-state index in [4.69, 9.17) is 10.2 Å². The number of nitrogens with one attached hydrogen (secondary N) is 2. The molecule has 0 spiro atoms. The van der Waals surface area contributed by atoms with E-state index in [-0.39, 0.29) is 0 Å². The van der Waals surface area contributed by atoms with Crippen LogP contribution in [-0.2, 0) is 4.79 Å². The fraction of sp³-hybridized carbons (Fsp3) is 0.200. The van der Waals surface area contributed by atoms with Crippen molar-refractivity contribution in [3.63, 3.8) is 0 Å². The molecule has 0 aromatic heterocycles. The SMILES string of the molecule is O=C(Nc1cc(F)ccc1F)N[C@H](CO)C(=O)O. The number of anilines is 1. The van der Waals surface area contributed by atoms with Crippen molar-refractivity contribution >= 4 is 17.7 Å². The molecule has 0 heterocycles. The summed E-state index contributed by atoms with van der Waals surface area (Å²) in [6.45, 7) is -0.825. The van der Waals surface area contributed by atoms with Crippen molar-refractivity contribution < 1.29 is 28.6 Å². The number of carbonyl (C=O) groups excluding carboxylic acids is 1. The first-order chi connectivity index (χ1) is 8.43. The topological polar surface area (TPSA) is 98.7 Å². The fourth-order valence-electron chi connectivity index (χ4n) is 1.10. The van der Waals surface area contributed by atoms with Crippen molar-refractivity contribution in [2.45, 2.75) is 6.04 Å². The highest BCUT2D eigenvalue weighted by Gasteiger charge is 2.19. The maximum Gasteiger partial charge on any atom is 0.328 e. The molecular formula is C10H10F2N2O4. The van der Waals surface area contributed by atoms with Gasteiger partial charge in [0.15, 0.2) is 6.04 Å². The Balaban J connectivity index is 2.70. The number of aliphatic carboxylic acids is 1. The zero-order valence-electron chi connectivity index (χ0n) is 8.98. The monoisotopic (exact) mass is 260 g/mol. The van der Waals surface area contributed by atoms with Crippen molar-refractivity contribution in [1.29, 1.82) is 0 Å². The fourth-order valence-corrected chi connectivity index (χ4v) is 1.10. The van der Waals surface area contributed by atoms with Crippen molar-refractivity contribution in [1.82, 2.24) is 5.32 Å². The van der Waals surface area contributed by atoms with Crippen LogP contribution in [0.25, 0.3) is 0 Å². The van der Waals surface area contributed by atoms with Gasteiger partial charge in [-0.3, -0.25) is 0 Å². The van der Waals surface area contributed by atoms with E-state index < -0.39 is 42.0 Å². The summed E-state index contributed by atoms with van der Waals surface area (Å²) in [4.78, 5) is 21.8. The molecule has 1 aromatic carbocycles. The maximum atomic E-state index is 13.1. The van der Waals surface area contributed by atoms with E-state index in [9.17, 15) is 18.4 Å². The Kier molecular flexibility index (Phi) is 4.55. The molecule has 8 heteroatoms. The largest absolute Gasteiger partial charge is 0.480 e. The predicted molar refractivity (Wildman–Crippen MR) is 57.0 cm³/mol. The molecule has 0 saturated heterocycles. The van der Waals surface area contributed by atoms with Crippen LogP contribution in [0.5, 0.6) is 0 Å². The van der Waals surface area contributed by atoms with Crippen molar-refractivity contribution in [2.24, 2.45) is 0 Å². The minimum Gasteiger partial charge on any atom is -0.480 e. The zero-order chi connectivity index (χ0) is 13.7. The number of carboxylic acids is 1. The number of aliphatic hydroxyl groups excluding tert-OH is 1. The number of rotatable bonds is 4. The van der Waals surface area contributed by atoms with Crippen LogP contribution in [0.2, 0.25) is 0 Å². The third-order valence-electron chi connectivity index (χ3n) is 1.96. The number of aliphatic hydroxyl groups is 1. The molecule has 1 aromatic rings. The van der Waals surface area contributed by atoms with Gasteiger partial charge in [-0.25, -0.2) is 18.4 Å². The average Bonchev–Trinajstić information content (AvgIpc) is 2.30. The zero-order valence-corrected chi connectivity index (χ0v) is 8.98. The summed E-state index contributed by atoms with van der Waals surface area (Å²) in [7, 11) is 0. The summed E-state index contributed by atoms with van der Waals surface area (Å²) in [5.74, 6) is -3.08. The smallest absolute Gasteiger partial charge is 0.328 e. The number of carboxylic acid groups (broad SMARTS) is 1. The Morgan fingerprint density at radius 2 is 2.00 bits per heavy atom. The second kappa shape index (κ2) is 5.92. The summed E-state index contributed by atoms with van der Waals surface area (Å²) in [6.07, 6.45) is 0. The summed E-state index contributed by atoms with van der Waals surface area (Å²) < 4.78 is 25.9. The first kappa shape index (κ1) is 13.8. The van der Waals surface area contributed by atoms with Crippen LogP contribution < -0.4 is 10.6 Å². The quantitative estimate of drug-likeness (QED) is 0.634. The van der Waals surface area contributed by atoms with Gasteiger partial charge in [0.2, 0.25) is 0 Å². The normalized spacial score (nSPS) is 11.7. The van der Waals surface area contributed by atoms with E-state index in [0.717, 1.165) is 18.2 Å². The number of amides is 2. The van der Waals surface area contributed by atoms with Gasteiger partial charge in [-0.1, -0.05) is 0 Å². The van der Waals surface area contributed by atoms with Gasteiger partial charge in [-0.2, -0.15) is 0 Å². The van der Waals surface area contributed by atoms with E-state index in [1.807, 2.05) is 10.6 Å². The van der Waals surface area contributed by atoms with E-state index in [1.165, 1.54) is 0 Å². The van der Waals surface area contributed by atoms with Crippen molar-refractivity contribution in [3.05, 3.63) is 29.8 Å². The summed E-state index contributed by atoms with van der Waals surface area (Å²) >= 11 is 0. The molecule has 0 bridgehead atoms. The first-order valence-corrected chi connectivity index (χ1v) is 4.80. The lowest BCUT2D eigenvalue weighted by Gasteiger charge is -2.12. The van der Waals surface area contributed by atoms with E-state index >= 15 is 0 Å². The Bertz CT molecular complexity index is 467. The van der Waals surface area contributed by atoms with Gasteiger partial charge in [0.05, 0.1) is 12.3 Å². The lowest BCUT2D eigenvalue weighted by molar-refractivity contribution is -0.140. The van der Waals surface area contributed by atoms with Crippen LogP contribution in [0.1, 0.15) is 0 Å². The lowest BCUT2D eigenvalue weighted by atomic mass is 10.3. The van der Waals surface area contributed by atoms with Gasteiger partial charge in [-0.15, -0.1) is 0 Å². The third kappa shape index (κ3) is 3.67. The molecule has 4 N–H and O–H groups in total. The Morgan fingerprint density at radius 3 is 2.56 bits per heavy atom. The third-order valence-corrected chi connectivity index (χ3v) is 1.96. The summed E-state index contributed by atoms with van der Waals surface area (Å²) in [5.41, 5.74) is -0.436. The van der Waals surface area contributed by atoms with Crippen LogP contribution in [0, 0.1) is 11.6 Å². The molecular weight excluding hydrogens is 250 g/mol. The molecule has 98 valence electrons. The highest BCUT2D eigenvalue weighted by Crippen LogP contribution is 2.14. The number of carbonyl (C=O) groups is 2. The van der Waals surface area contributed by atoms with Gasteiger partial charge in [0.1, 0.15) is 11.6 Å². The molecule has 1 rings (SSSR count). The number of hydrogen-bond donors (Lipinski definition) is 4. The molecule has 0 fully saturated rings. The molecule has 0 aliphatic heterocycles. The van der Waals surface area contributed by atoms with Crippen LogP contribution in [0.4, 0.5) is 19.3 Å². The van der Waals surface area contributed by atoms with Crippen molar-refractivity contribution in [2.75, 3.05) is 11.9 Å². The highest BCUT2D eigenvalue weighted by molar-refractivity contribution is 5.92. The van der Waals surface area contributed by atoms with E-state index in [1.54, 1.807) is 0 Å². The molecule has 6 nitrogen and oxygen atoms in total. The minimum absolute atomic E-state index is 0.436. The van der Waals surface area contributed by atoms with Gasteiger partial charge in [0, 0.05) is 6.07 Å². The van der Waals surface area contributed by atoms with E-state index in [0.29, 0.717) is 0 Å². The molecule has 1 atom stereocenters. The Hall–Kier alpha value is -2.22. The Morgan fingerprint density at radius 1 is 1.33 bits per heavy atom. The number of hydrogen-bond acceptors (Lipinski definition) is 3. The van der Waals surface area contributed by atoms with Crippen molar-refractivity contribution in [3.8, 4) is 0 Å². The molecule has 0 radical (unpaired) electrons. The van der Waals surface area contributed by atoms with Gasteiger partial charge in [0.25, 0.3) is 0 Å². The molecule has 2 amide bonds. The molecule has 18 heavy (non-hydrogen) atoms. The predicted octanol–water partition coefficient (Wildman–Crippen LogP) is 0.532. The summed E-state index contributed by atoms with van der Waals surface area (Å²) in [5, 5.41) is 21.0. The number of halogens is 2. The average molecular weight is 260 g/mol. The standard InChI is InChI=1S/C10H10F2N2O4/c11-5-1-2-6(12)7(3-5)13-10(18)14-8(4-15)9(16)17/h1-3,8,15H,4H2,(H,16,17)(H2,13,14,18)/t8-/m1/s1. The highest BCUT2D eigenvalue weighted by atomic mass is 19.1. The molecule has 0 aliphatic rings. The second-order valence-corrected chi connectivity index (χ2v) is 3.30. The van der Waals surface area contributed by atoms with Crippen LogP contribution in [0.3, 0.4) is 0 Å². The number of urea groups is 1. The Labute approximate surface area is 100 Å². The first-order valence-electron chi connectivity index (χ1n) is 4.80. The maximum absolute atomic E-state index is 13.1. The van der Waals surface area contributed by atoms with Crippen LogP contribution in [-0.4, -0.2) is 34.9 Å². The van der Waals surface area contributed by atoms with Gasteiger partial charge < -0.3 is 20.8 Å². The second-order valence-electron chi connectivity index (χ2n) is 3.30. The minimum atomic E-state index is -1.53. The van der Waals surface area contributed by atoms with Crippen LogP contribution >= 0.6 is 0 Å². The molecule has 0 aliphatic carbocycles. The van der Waals surface area contributed by atoms with Crippen LogP contribution in [0.15, 0.2) is 18.2 Å².